The fraction of sp³-hybridized carbons (Fsp3) is 0.206. The van der Waals surface area contributed by atoms with Crippen molar-refractivity contribution in [3.63, 3.8) is 0 Å². The normalized spacial score (nSPS) is 11.7. The fourth-order valence-electron chi connectivity index (χ4n) is 4.66. The number of aromatic nitrogens is 3. The lowest BCUT2D eigenvalue weighted by Gasteiger charge is -2.22. The second-order valence-electron chi connectivity index (χ2n) is 10.7. The number of halogens is 7. The molecule has 0 bridgehead atoms. The average molecular weight is 753 g/mol. The summed E-state index contributed by atoms with van der Waals surface area (Å²) < 4.78 is 85.0. The van der Waals surface area contributed by atoms with Crippen LogP contribution < -0.4 is 21.5 Å². The van der Waals surface area contributed by atoms with Gasteiger partial charge in [-0.05, 0) is 60.7 Å². The number of nitrogen functional groups attached to an aromatic ring is 1. The Hall–Kier alpha value is -6.40. The van der Waals surface area contributed by atoms with Crippen LogP contribution >= 0.6 is 0 Å². The number of aromatic amines is 1. The highest BCUT2D eigenvalue weighted by molar-refractivity contribution is 5.99. The molecule has 2 heterocycles. The maximum absolute atomic E-state index is 15.9. The summed E-state index contributed by atoms with van der Waals surface area (Å²) in [5.41, 5.74) is 15.2. The van der Waals surface area contributed by atoms with E-state index in [4.69, 9.17) is 36.0 Å². The fourth-order valence-corrected chi connectivity index (χ4v) is 4.66. The molecule has 1 atom stereocenters. The van der Waals surface area contributed by atoms with Gasteiger partial charge in [0.2, 0.25) is 5.91 Å². The molecule has 1 amide bonds. The van der Waals surface area contributed by atoms with Gasteiger partial charge in [-0.1, -0.05) is 31.2 Å². The number of carbonyl (C=O) groups is 3. The zero-order chi connectivity index (χ0) is 39.7. The second-order valence-corrected chi connectivity index (χ2v) is 10.7. The van der Waals surface area contributed by atoms with Crippen LogP contribution in [0.5, 0.6) is 5.75 Å². The second kappa shape index (κ2) is 17.2. The molecule has 3 aromatic carbocycles. The minimum atomic E-state index is -5.08. The summed E-state index contributed by atoms with van der Waals surface area (Å²) in [6, 6.07) is 17.3. The first kappa shape index (κ1) is 41.0. The number of H-pyrrole nitrogens is 1. The number of hydrogen-bond acceptors (Lipinski definition) is 8. The predicted molar refractivity (Wildman–Crippen MR) is 178 cm³/mol. The molecular weight excluding hydrogens is 721 g/mol. The Labute approximate surface area is 295 Å². The summed E-state index contributed by atoms with van der Waals surface area (Å²) in [7, 11) is 0. The van der Waals surface area contributed by atoms with E-state index in [1.165, 1.54) is 0 Å². The van der Waals surface area contributed by atoms with Gasteiger partial charge in [0.25, 0.3) is 0 Å². The molecule has 0 fully saturated rings. The van der Waals surface area contributed by atoms with Crippen molar-refractivity contribution in [1.29, 1.82) is 0 Å². The number of ether oxygens (including phenoxy) is 1. The van der Waals surface area contributed by atoms with Crippen molar-refractivity contribution in [3.05, 3.63) is 101 Å². The third kappa shape index (κ3) is 10.8. The van der Waals surface area contributed by atoms with E-state index >= 15 is 4.39 Å². The maximum Gasteiger partial charge on any atom is 0.490 e. The number of hydrogen-bond donors (Lipinski definition) is 6. The van der Waals surface area contributed by atoms with Crippen molar-refractivity contribution in [2.24, 2.45) is 5.73 Å². The van der Waals surface area contributed by atoms with Crippen molar-refractivity contribution in [2.75, 3.05) is 17.7 Å². The molecule has 53 heavy (non-hydrogen) atoms. The van der Waals surface area contributed by atoms with E-state index in [1.54, 1.807) is 36.7 Å². The predicted octanol–water partition coefficient (Wildman–Crippen LogP) is 6.87. The largest absolute Gasteiger partial charge is 0.491 e. The molecular formula is C34H31F7N6O6. The molecule has 2 aromatic heterocycles. The van der Waals surface area contributed by atoms with Crippen LogP contribution in [0.4, 0.5) is 42.2 Å². The number of benzene rings is 3. The Morgan fingerprint density at radius 2 is 1.55 bits per heavy atom. The van der Waals surface area contributed by atoms with Crippen LogP contribution in [0.3, 0.4) is 0 Å². The molecule has 19 heteroatoms. The topological polar surface area (TPSA) is 207 Å². The minimum absolute atomic E-state index is 0.182. The van der Waals surface area contributed by atoms with E-state index in [2.05, 4.69) is 20.3 Å². The molecule has 0 radical (unpaired) electrons. The Morgan fingerprint density at radius 3 is 2.11 bits per heavy atom. The molecule has 0 saturated carbocycles. The van der Waals surface area contributed by atoms with Gasteiger partial charge in [-0.3, -0.25) is 4.79 Å². The molecule has 0 saturated heterocycles. The van der Waals surface area contributed by atoms with E-state index < -0.39 is 42.1 Å². The summed E-state index contributed by atoms with van der Waals surface area (Å²) in [6.07, 6.45) is -6.21. The van der Waals surface area contributed by atoms with Crippen molar-refractivity contribution in [3.8, 4) is 17.0 Å². The Morgan fingerprint density at radius 1 is 0.925 bits per heavy atom. The number of nitrogens with zero attached hydrogens (tertiary/aromatic N) is 2. The van der Waals surface area contributed by atoms with Crippen LogP contribution in [0.2, 0.25) is 0 Å². The highest BCUT2D eigenvalue weighted by atomic mass is 19.4. The first-order valence-corrected chi connectivity index (χ1v) is 15.2. The van der Waals surface area contributed by atoms with Gasteiger partial charge in [0.05, 0.1) is 18.5 Å². The number of rotatable bonds is 9. The number of primary amides is 1. The number of anilines is 2. The summed E-state index contributed by atoms with van der Waals surface area (Å²) in [5.74, 6) is -5.47. The van der Waals surface area contributed by atoms with Crippen molar-refractivity contribution in [1.82, 2.24) is 15.0 Å². The van der Waals surface area contributed by atoms with Gasteiger partial charge in [0, 0.05) is 34.0 Å². The third-order valence-electron chi connectivity index (χ3n) is 7.09. The number of nitrogens with one attached hydrogen (secondary N) is 2. The SMILES string of the molecule is CCOc1cc(CC)cc([C@H](Nc2ccc3c(N)nccc3c2)c2ncc(-c3ccccc3C(N)=O)[nH]2)c1F.O=C(O)C(F)(F)F.O=C(O)C(F)(F)F. The number of alkyl halides is 6. The third-order valence-corrected chi connectivity index (χ3v) is 7.09. The number of imidazole rings is 1. The Kier molecular flexibility index (Phi) is 13.3. The Balaban J connectivity index is 0.000000458. The number of amides is 1. The zero-order valence-corrected chi connectivity index (χ0v) is 27.6. The molecule has 0 unspecified atom stereocenters. The first-order chi connectivity index (χ1) is 24.8. The highest BCUT2D eigenvalue weighted by Gasteiger charge is 2.39. The highest BCUT2D eigenvalue weighted by Crippen LogP contribution is 2.35. The number of fused-ring (bicyclic) bond motifs is 1. The van der Waals surface area contributed by atoms with Crippen molar-refractivity contribution < 1.29 is 60.1 Å². The van der Waals surface area contributed by atoms with Crippen LogP contribution in [-0.4, -0.2) is 62.0 Å². The number of carboxylic acid groups (broad SMARTS) is 2. The minimum Gasteiger partial charge on any atom is -0.491 e. The quantitative estimate of drug-likeness (QED) is 0.0861. The van der Waals surface area contributed by atoms with Gasteiger partial charge < -0.3 is 36.7 Å². The molecule has 0 aliphatic carbocycles. The van der Waals surface area contributed by atoms with Crippen LogP contribution in [0.25, 0.3) is 22.0 Å². The van der Waals surface area contributed by atoms with Gasteiger partial charge in [-0.25, -0.2) is 23.9 Å². The molecule has 5 rings (SSSR count). The van der Waals surface area contributed by atoms with Gasteiger partial charge >= 0.3 is 24.3 Å². The Bertz CT molecular complexity index is 2060. The molecule has 12 nitrogen and oxygen atoms in total. The van der Waals surface area contributed by atoms with E-state index in [9.17, 15) is 31.1 Å². The number of aryl methyl sites for hydroxylation is 1. The van der Waals surface area contributed by atoms with Crippen LogP contribution in [0.1, 0.15) is 47.2 Å². The summed E-state index contributed by atoms with van der Waals surface area (Å²) in [4.78, 5) is 41.9. The maximum atomic E-state index is 15.9. The van der Waals surface area contributed by atoms with E-state index in [0.717, 1.165) is 22.0 Å². The standard InChI is InChI=1S/C30H29FN6O2.2C2HF3O2/c1-3-17-13-23(26(31)25(14-17)39-4-2)27(36-19-9-10-20-18(15-19)11-12-34-28(20)32)30-35-16-24(37-30)21-7-5-6-8-22(21)29(33)38;2*3-2(4,5)1(6)7/h5-16,27,36H,3-4H2,1-2H3,(H2,32,34)(H2,33,38)(H,35,37);2*(H,6,7)/t27-;;/m0../s1. The molecule has 0 aliphatic heterocycles. The summed E-state index contributed by atoms with van der Waals surface area (Å²) >= 11 is 0. The van der Waals surface area contributed by atoms with Crippen LogP contribution in [0, 0.1) is 5.82 Å². The summed E-state index contributed by atoms with van der Waals surface area (Å²) in [6.45, 7) is 4.15. The lowest BCUT2D eigenvalue weighted by atomic mass is 9.99. The monoisotopic (exact) mass is 752 g/mol. The molecule has 0 spiro atoms. The van der Waals surface area contributed by atoms with E-state index in [0.29, 0.717) is 47.1 Å². The number of nitrogens with two attached hydrogens (primary N) is 2. The number of carboxylic acids is 2. The van der Waals surface area contributed by atoms with Crippen LogP contribution in [0.15, 0.2) is 73.1 Å². The zero-order valence-electron chi connectivity index (χ0n) is 27.6. The average Bonchev–Trinajstić information content (AvgIpc) is 3.58. The van der Waals surface area contributed by atoms with E-state index in [1.807, 2.05) is 50.2 Å². The number of carbonyl (C=O) groups excluding carboxylic acids is 1. The molecule has 282 valence electrons. The van der Waals surface area contributed by atoms with Gasteiger partial charge in [-0.15, -0.1) is 0 Å². The van der Waals surface area contributed by atoms with Crippen molar-refractivity contribution >= 4 is 40.1 Å². The molecule has 0 aliphatic rings. The summed E-state index contributed by atoms with van der Waals surface area (Å²) in [5, 5.41) is 19.4. The lowest BCUT2D eigenvalue weighted by molar-refractivity contribution is -0.193. The van der Waals surface area contributed by atoms with Gasteiger partial charge in [0.15, 0.2) is 11.6 Å². The number of aliphatic carboxylic acids is 2. The smallest absolute Gasteiger partial charge is 0.490 e. The molecule has 5 aromatic rings. The lowest BCUT2D eigenvalue weighted by Crippen LogP contribution is -2.21. The van der Waals surface area contributed by atoms with E-state index in [-0.39, 0.29) is 5.75 Å². The van der Waals surface area contributed by atoms with Crippen LogP contribution in [-0.2, 0) is 16.0 Å². The number of pyridine rings is 1. The van der Waals surface area contributed by atoms with Crippen molar-refractivity contribution in [2.45, 2.75) is 38.7 Å². The van der Waals surface area contributed by atoms with Gasteiger partial charge in [-0.2, -0.15) is 26.3 Å². The molecule has 8 N–H and O–H groups in total. The van der Waals surface area contributed by atoms with Gasteiger partial charge in [0.1, 0.15) is 17.7 Å². The first-order valence-electron chi connectivity index (χ1n) is 15.2.